The molecule has 4 atom stereocenters. The molecule has 1 aliphatic heterocycles. The van der Waals surface area contributed by atoms with Gasteiger partial charge in [-0.05, 0) is 79.9 Å². The van der Waals surface area contributed by atoms with E-state index in [1.54, 1.807) is 24.3 Å². The summed E-state index contributed by atoms with van der Waals surface area (Å²) in [7, 11) is 0. The molecule has 182 valence electrons. The number of carboxylic acid groups (broad SMARTS) is 1. The van der Waals surface area contributed by atoms with Gasteiger partial charge in [-0.2, -0.15) is 0 Å². The van der Waals surface area contributed by atoms with Crippen molar-refractivity contribution in [1.82, 2.24) is 4.90 Å². The monoisotopic (exact) mass is 465 g/mol. The Morgan fingerprint density at radius 2 is 1.82 bits per heavy atom. The van der Waals surface area contributed by atoms with Gasteiger partial charge in [-0.25, -0.2) is 4.79 Å². The van der Waals surface area contributed by atoms with Crippen LogP contribution in [0, 0.1) is 22.7 Å². The molecule has 1 saturated carbocycles. The lowest BCUT2D eigenvalue weighted by atomic mass is 9.46. The number of aromatic hydroxyl groups is 1. The number of allylic oxidation sites excluding steroid dienone is 1. The third kappa shape index (κ3) is 4.19. The molecule has 2 N–H and O–H groups in total. The predicted molar refractivity (Wildman–Crippen MR) is 129 cm³/mol. The zero-order chi connectivity index (χ0) is 24.7. The summed E-state index contributed by atoms with van der Waals surface area (Å²) in [5.41, 5.74) is 1.60. The highest BCUT2D eigenvalue weighted by molar-refractivity contribution is 6.16. The van der Waals surface area contributed by atoms with Gasteiger partial charge in [0.25, 0.3) is 11.8 Å². The summed E-state index contributed by atoms with van der Waals surface area (Å²) >= 11 is 0. The van der Waals surface area contributed by atoms with Crippen LogP contribution in [0.15, 0.2) is 47.6 Å². The van der Waals surface area contributed by atoms with Gasteiger partial charge in [0.15, 0.2) is 0 Å². The number of benzene rings is 1. The van der Waals surface area contributed by atoms with Crippen LogP contribution in [-0.4, -0.2) is 39.4 Å². The number of imide groups is 1. The van der Waals surface area contributed by atoms with Crippen LogP contribution in [0.5, 0.6) is 5.75 Å². The fourth-order valence-corrected chi connectivity index (χ4v) is 6.70. The summed E-state index contributed by atoms with van der Waals surface area (Å²) < 4.78 is 0. The van der Waals surface area contributed by atoms with Crippen LogP contribution in [0.2, 0.25) is 0 Å². The quantitative estimate of drug-likeness (QED) is 0.560. The summed E-state index contributed by atoms with van der Waals surface area (Å²) in [5, 5.41) is 19.3. The second-order valence-electron chi connectivity index (χ2n) is 10.8. The second-order valence-corrected chi connectivity index (χ2v) is 10.8. The molecule has 0 bridgehead atoms. The van der Waals surface area contributed by atoms with E-state index in [0.29, 0.717) is 36.5 Å². The van der Waals surface area contributed by atoms with Crippen LogP contribution in [0.1, 0.15) is 64.9 Å². The molecule has 1 aromatic carbocycles. The molecule has 1 aromatic rings. The van der Waals surface area contributed by atoms with Crippen molar-refractivity contribution in [2.24, 2.45) is 22.7 Å². The first-order valence-corrected chi connectivity index (χ1v) is 12.3. The van der Waals surface area contributed by atoms with Gasteiger partial charge in [0.05, 0.1) is 0 Å². The van der Waals surface area contributed by atoms with Crippen LogP contribution in [0.3, 0.4) is 0 Å². The molecule has 0 unspecified atom stereocenters. The van der Waals surface area contributed by atoms with Gasteiger partial charge >= 0.3 is 5.97 Å². The van der Waals surface area contributed by atoms with E-state index in [1.165, 1.54) is 11.0 Å². The molecule has 6 heteroatoms. The Hall–Kier alpha value is -2.89. The Balaban J connectivity index is 1.44. The van der Waals surface area contributed by atoms with Crippen molar-refractivity contribution >= 4 is 17.8 Å². The first-order chi connectivity index (χ1) is 16.1. The molecule has 1 fully saturated rings. The number of carbonyl (C=O) groups is 3. The average Bonchev–Trinajstić information content (AvgIpc) is 3.07. The third-order valence-electron chi connectivity index (χ3n) is 9.01. The Morgan fingerprint density at radius 3 is 2.50 bits per heavy atom. The van der Waals surface area contributed by atoms with E-state index in [4.69, 9.17) is 0 Å². The van der Waals surface area contributed by atoms with E-state index in [9.17, 15) is 24.6 Å². The van der Waals surface area contributed by atoms with Gasteiger partial charge in [-0.3, -0.25) is 14.5 Å². The van der Waals surface area contributed by atoms with Crippen molar-refractivity contribution in [1.29, 1.82) is 0 Å². The summed E-state index contributed by atoms with van der Waals surface area (Å²) in [4.78, 5) is 38.9. The number of nitrogens with zero attached hydrogens (tertiary/aromatic N) is 1. The molecule has 34 heavy (non-hydrogen) atoms. The molecule has 0 radical (unpaired) electrons. The average molecular weight is 466 g/mol. The largest absolute Gasteiger partial charge is 0.508 e. The van der Waals surface area contributed by atoms with Crippen LogP contribution >= 0.6 is 0 Å². The Kier molecular flexibility index (Phi) is 6.45. The minimum atomic E-state index is -0.812. The number of hydrogen-bond acceptors (Lipinski definition) is 4. The highest BCUT2D eigenvalue weighted by Crippen LogP contribution is 2.62. The van der Waals surface area contributed by atoms with E-state index >= 15 is 0 Å². The van der Waals surface area contributed by atoms with Crippen LogP contribution in [0.25, 0.3) is 0 Å². The molecule has 0 spiro atoms. The highest BCUT2D eigenvalue weighted by atomic mass is 16.4. The minimum Gasteiger partial charge on any atom is -0.508 e. The van der Waals surface area contributed by atoms with Crippen LogP contribution in [-0.2, 0) is 20.8 Å². The molecule has 0 aromatic heterocycles. The number of aliphatic carboxylic acids is 1. The van der Waals surface area contributed by atoms with Crippen molar-refractivity contribution in [2.75, 3.05) is 6.54 Å². The van der Waals surface area contributed by atoms with Gasteiger partial charge in [0.2, 0.25) is 0 Å². The fourth-order valence-electron chi connectivity index (χ4n) is 6.70. The maximum Gasteiger partial charge on any atom is 0.331 e. The Bertz CT molecular complexity index is 1060. The number of fused-ring (bicyclic) bond motifs is 1. The van der Waals surface area contributed by atoms with Crippen molar-refractivity contribution in [3.05, 3.63) is 53.1 Å². The molecule has 6 nitrogen and oxygen atoms in total. The van der Waals surface area contributed by atoms with Gasteiger partial charge in [-0.15, -0.1) is 0 Å². The zero-order valence-electron chi connectivity index (χ0n) is 20.3. The smallest absolute Gasteiger partial charge is 0.331 e. The van der Waals surface area contributed by atoms with Gasteiger partial charge in [-0.1, -0.05) is 39.0 Å². The number of amides is 2. The number of hydrogen-bond donors (Lipinski definition) is 2. The van der Waals surface area contributed by atoms with Crippen molar-refractivity contribution in [3.63, 3.8) is 0 Å². The molecule has 1 heterocycles. The molecule has 0 saturated heterocycles. The topological polar surface area (TPSA) is 94.9 Å². The number of rotatable bonds is 7. The zero-order valence-corrected chi connectivity index (χ0v) is 20.3. The molecular weight excluding hydrogens is 430 g/mol. The number of carboxylic acids is 1. The van der Waals surface area contributed by atoms with E-state index in [0.717, 1.165) is 37.7 Å². The van der Waals surface area contributed by atoms with E-state index < -0.39 is 5.97 Å². The van der Waals surface area contributed by atoms with Crippen molar-refractivity contribution < 1.29 is 24.6 Å². The number of phenolic OH excluding ortho intramolecular Hbond substituents is 1. The summed E-state index contributed by atoms with van der Waals surface area (Å²) in [6, 6.07) is 6.79. The number of phenols is 1. The first-order valence-electron chi connectivity index (χ1n) is 12.3. The van der Waals surface area contributed by atoms with E-state index in [2.05, 4.69) is 20.8 Å². The fraction of sp³-hybridized carbons (Fsp3) is 0.536. The predicted octanol–water partition coefficient (Wildman–Crippen LogP) is 4.87. The van der Waals surface area contributed by atoms with Crippen molar-refractivity contribution in [3.8, 4) is 5.75 Å². The van der Waals surface area contributed by atoms with E-state index in [1.807, 2.05) is 6.08 Å². The van der Waals surface area contributed by atoms with Gasteiger partial charge in [0.1, 0.15) is 5.75 Å². The SMILES string of the molecule is C[C@@H]1CC[C@@]2(C)C(C(=O)O)=CCC[C@@H]2[C@@]1(C)CCC1=CC(=O)N(CCc2ccc(O)cc2)C1=O. The second kappa shape index (κ2) is 9.05. The summed E-state index contributed by atoms with van der Waals surface area (Å²) in [6.45, 7) is 6.92. The summed E-state index contributed by atoms with van der Waals surface area (Å²) in [5.74, 6) is -0.456. The molecule has 2 amide bonds. The van der Waals surface area contributed by atoms with Crippen molar-refractivity contribution in [2.45, 2.75) is 65.7 Å². The van der Waals surface area contributed by atoms with Crippen LogP contribution < -0.4 is 0 Å². The minimum absolute atomic E-state index is 0.106. The Labute approximate surface area is 201 Å². The highest BCUT2D eigenvalue weighted by Gasteiger charge is 2.55. The van der Waals surface area contributed by atoms with Gasteiger partial charge in [0, 0.05) is 29.2 Å². The lowest BCUT2D eigenvalue weighted by Gasteiger charge is -2.57. The third-order valence-corrected chi connectivity index (χ3v) is 9.01. The standard InChI is InChI=1S/C28H35NO5/c1-18-11-14-28(3)22(26(33)34)5-4-6-23(28)27(18,2)15-12-20-17-24(31)29(25(20)32)16-13-19-7-9-21(30)10-8-19/h5,7-10,17-18,23,30H,4,6,11-16H2,1-3H3,(H,33,34)/t18-,23-,27+,28+/m1/s1. The maximum absolute atomic E-state index is 13.0. The van der Waals surface area contributed by atoms with E-state index in [-0.39, 0.29) is 34.3 Å². The summed E-state index contributed by atoms with van der Waals surface area (Å²) in [6.07, 6.45) is 8.78. The van der Waals surface area contributed by atoms with Crippen LogP contribution in [0.4, 0.5) is 0 Å². The normalized spacial score (nSPS) is 31.2. The van der Waals surface area contributed by atoms with Gasteiger partial charge < -0.3 is 10.2 Å². The molecule has 4 rings (SSSR count). The first kappa shape index (κ1) is 24.2. The lowest BCUT2D eigenvalue weighted by Crippen LogP contribution is -2.51. The molecule has 2 aliphatic carbocycles. The molecule has 3 aliphatic rings. The maximum atomic E-state index is 13.0. The Morgan fingerprint density at radius 1 is 1.12 bits per heavy atom. The molecular formula is C28H35NO5. The lowest BCUT2D eigenvalue weighted by molar-refractivity contribution is -0.138. The number of carbonyl (C=O) groups excluding carboxylic acids is 2.